The van der Waals surface area contributed by atoms with Crippen molar-refractivity contribution in [3.05, 3.63) is 53.4 Å². The van der Waals surface area contributed by atoms with Crippen LogP contribution in [-0.4, -0.2) is 32.5 Å². The molecule has 0 fully saturated rings. The van der Waals surface area contributed by atoms with Crippen LogP contribution in [0.15, 0.2) is 52.2 Å². The zero-order valence-electron chi connectivity index (χ0n) is 12.0. The van der Waals surface area contributed by atoms with Crippen LogP contribution in [0.2, 0.25) is 0 Å². The summed E-state index contributed by atoms with van der Waals surface area (Å²) in [7, 11) is 0. The van der Waals surface area contributed by atoms with Crippen LogP contribution in [-0.2, 0) is 6.54 Å². The van der Waals surface area contributed by atoms with Crippen molar-refractivity contribution >= 4 is 23.4 Å². The lowest BCUT2D eigenvalue weighted by Gasteiger charge is -2.13. The number of aromatic hydroxyl groups is 1. The Labute approximate surface area is 137 Å². The maximum absolute atomic E-state index is 11.2. The van der Waals surface area contributed by atoms with Crippen molar-refractivity contribution in [1.82, 2.24) is 9.55 Å². The van der Waals surface area contributed by atoms with E-state index in [1.165, 1.54) is 6.07 Å². The summed E-state index contributed by atoms with van der Waals surface area (Å²) in [6, 6.07) is 5.73. The monoisotopic (exact) mass is 338 g/mol. The molecule has 0 bridgehead atoms. The Morgan fingerprint density at radius 3 is 2.91 bits per heavy atom. The smallest absolute Gasteiger partial charge is 0.339 e. The highest BCUT2D eigenvalue weighted by atomic mass is 35.5. The van der Waals surface area contributed by atoms with Gasteiger partial charge in [0.15, 0.2) is 0 Å². The number of aliphatic hydroxyl groups excluding tert-OH is 1. The molecule has 3 aromatic rings. The SMILES string of the molecule is Cl.O=c1cc(O)c2ccc(OCC(O)Cn3ccnc3)cc2o1. The number of halogens is 1. The molecule has 0 amide bonds. The molecule has 0 spiro atoms. The van der Waals surface area contributed by atoms with Gasteiger partial charge < -0.3 is 23.9 Å². The fourth-order valence-corrected chi connectivity index (χ4v) is 2.10. The first-order valence-corrected chi connectivity index (χ1v) is 6.65. The number of aliphatic hydroxyl groups is 1. The average molecular weight is 339 g/mol. The number of fused-ring (bicyclic) bond motifs is 1. The fourth-order valence-electron chi connectivity index (χ4n) is 2.10. The summed E-state index contributed by atoms with van der Waals surface area (Å²) < 4.78 is 12.2. The number of ether oxygens (including phenoxy) is 1. The third-order valence-corrected chi connectivity index (χ3v) is 3.12. The van der Waals surface area contributed by atoms with Gasteiger partial charge in [0.25, 0.3) is 0 Å². The van der Waals surface area contributed by atoms with Gasteiger partial charge in [0.1, 0.15) is 29.8 Å². The minimum absolute atomic E-state index is 0. The van der Waals surface area contributed by atoms with E-state index >= 15 is 0 Å². The van der Waals surface area contributed by atoms with Crippen molar-refractivity contribution in [3.8, 4) is 11.5 Å². The van der Waals surface area contributed by atoms with E-state index < -0.39 is 11.7 Å². The van der Waals surface area contributed by atoms with Crippen molar-refractivity contribution in [1.29, 1.82) is 0 Å². The zero-order valence-corrected chi connectivity index (χ0v) is 12.8. The Kier molecular flexibility index (Phi) is 5.25. The van der Waals surface area contributed by atoms with Crippen LogP contribution in [0.5, 0.6) is 11.5 Å². The lowest BCUT2D eigenvalue weighted by Crippen LogP contribution is -2.22. The van der Waals surface area contributed by atoms with E-state index in [4.69, 9.17) is 9.15 Å². The number of benzene rings is 1. The number of aromatic nitrogens is 2. The first kappa shape index (κ1) is 16.9. The average Bonchev–Trinajstić information content (AvgIpc) is 2.97. The maximum Gasteiger partial charge on any atom is 0.339 e. The lowest BCUT2D eigenvalue weighted by molar-refractivity contribution is 0.0925. The standard InChI is InChI=1S/C15H14N2O5.ClH/c18-10(7-17-4-3-16-9-17)8-21-11-1-2-12-13(19)6-15(20)22-14(12)5-11;/h1-6,9-10,18-19H,7-8H2;1H. The van der Waals surface area contributed by atoms with Gasteiger partial charge in [-0.1, -0.05) is 0 Å². The first-order chi connectivity index (χ1) is 10.6. The summed E-state index contributed by atoms with van der Waals surface area (Å²) in [4.78, 5) is 15.1. The Morgan fingerprint density at radius 1 is 1.35 bits per heavy atom. The summed E-state index contributed by atoms with van der Waals surface area (Å²) in [5, 5.41) is 20.0. The van der Waals surface area contributed by atoms with Crippen LogP contribution in [0.4, 0.5) is 0 Å². The second-order valence-electron chi connectivity index (χ2n) is 4.83. The first-order valence-electron chi connectivity index (χ1n) is 6.65. The third kappa shape index (κ3) is 4.02. The molecule has 2 N–H and O–H groups in total. The Hall–Kier alpha value is -2.51. The molecule has 1 unspecified atom stereocenters. The Bertz CT molecular complexity index is 831. The highest BCUT2D eigenvalue weighted by Crippen LogP contribution is 2.26. The summed E-state index contributed by atoms with van der Waals surface area (Å²) in [6.07, 6.45) is 4.28. The molecule has 2 aromatic heterocycles. The molecule has 1 aromatic carbocycles. The van der Waals surface area contributed by atoms with E-state index in [2.05, 4.69) is 4.98 Å². The normalized spacial score (nSPS) is 11.9. The molecule has 0 aliphatic rings. The molecule has 0 radical (unpaired) electrons. The van der Waals surface area contributed by atoms with Crippen LogP contribution < -0.4 is 10.4 Å². The van der Waals surface area contributed by atoms with Crippen molar-refractivity contribution in [2.24, 2.45) is 0 Å². The lowest BCUT2D eigenvalue weighted by atomic mass is 10.2. The largest absolute Gasteiger partial charge is 0.507 e. The fraction of sp³-hybridized carbons (Fsp3) is 0.200. The van der Waals surface area contributed by atoms with E-state index in [1.54, 1.807) is 35.4 Å². The highest BCUT2D eigenvalue weighted by molar-refractivity contribution is 5.85. The van der Waals surface area contributed by atoms with Gasteiger partial charge in [-0.05, 0) is 12.1 Å². The highest BCUT2D eigenvalue weighted by Gasteiger charge is 2.09. The maximum atomic E-state index is 11.2. The van der Waals surface area contributed by atoms with Crippen LogP contribution in [0, 0.1) is 0 Å². The Balaban J connectivity index is 0.00000192. The van der Waals surface area contributed by atoms with Gasteiger partial charge in [-0.25, -0.2) is 9.78 Å². The molecule has 0 saturated heterocycles. The molecule has 8 heteroatoms. The van der Waals surface area contributed by atoms with Crippen molar-refractivity contribution < 1.29 is 19.4 Å². The van der Waals surface area contributed by atoms with Gasteiger partial charge in [-0.2, -0.15) is 0 Å². The van der Waals surface area contributed by atoms with E-state index in [1.807, 2.05) is 0 Å². The second kappa shape index (κ2) is 7.17. The minimum Gasteiger partial charge on any atom is -0.507 e. The predicted octanol–water partition coefficient (Wildman–Crippen LogP) is 1.56. The number of hydrogen-bond donors (Lipinski definition) is 2. The molecular weight excluding hydrogens is 324 g/mol. The van der Waals surface area contributed by atoms with Gasteiger partial charge >= 0.3 is 5.63 Å². The van der Waals surface area contributed by atoms with Gasteiger partial charge in [0, 0.05) is 18.5 Å². The molecule has 7 nitrogen and oxygen atoms in total. The van der Waals surface area contributed by atoms with Gasteiger partial charge in [0.05, 0.1) is 24.3 Å². The minimum atomic E-state index is -0.707. The number of imidazole rings is 1. The molecule has 0 saturated carbocycles. The number of nitrogens with zero attached hydrogens (tertiary/aromatic N) is 2. The van der Waals surface area contributed by atoms with Gasteiger partial charge in [-0.15, -0.1) is 12.4 Å². The molecular formula is C15H15ClN2O5. The molecule has 23 heavy (non-hydrogen) atoms. The van der Waals surface area contributed by atoms with Crippen molar-refractivity contribution in [2.75, 3.05) is 6.61 Å². The van der Waals surface area contributed by atoms with Crippen molar-refractivity contribution in [3.63, 3.8) is 0 Å². The molecule has 1 atom stereocenters. The number of rotatable bonds is 5. The van der Waals surface area contributed by atoms with E-state index in [9.17, 15) is 15.0 Å². The zero-order chi connectivity index (χ0) is 15.5. The van der Waals surface area contributed by atoms with Crippen LogP contribution in [0.1, 0.15) is 0 Å². The number of hydrogen-bond acceptors (Lipinski definition) is 6. The molecule has 0 aliphatic heterocycles. The van der Waals surface area contributed by atoms with Gasteiger partial charge in [0.2, 0.25) is 0 Å². The van der Waals surface area contributed by atoms with Gasteiger partial charge in [-0.3, -0.25) is 0 Å². The quantitative estimate of drug-likeness (QED) is 0.685. The summed E-state index contributed by atoms with van der Waals surface area (Å²) in [5.74, 6) is 0.295. The second-order valence-corrected chi connectivity index (χ2v) is 4.83. The van der Waals surface area contributed by atoms with Crippen LogP contribution in [0.3, 0.4) is 0 Å². The van der Waals surface area contributed by atoms with Crippen LogP contribution in [0.25, 0.3) is 11.0 Å². The molecule has 122 valence electrons. The van der Waals surface area contributed by atoms with Crippen LogP contribution >= 0.6 is 12.4 Å². The molecule has 2 heterocycles. The third-order valence-electron chi connectivity index (χ3n) is 3.12. The van der Waals surface area contributed by atoms with E-state index in [0.717, 1.165) is 6.07 Å². The summed E-state index contributed by atoms with van der Waals surface area (Å²) in [5.41, 5.74) is -0.408. The van der Waals surface area contributed by atoms with E-state index in [0.29, 0.717) is 17.7 Å². The molecule has 3 rings (SSSR count). The molecule has 0 aliphatic carbocycles. The van der Waals surface area contributed by atoms with Crippen molar-refractivity contribution in [2.45, 2.75) is 12.6 Å². The summed E-state index contributed by atoms with van der Waals surface area (Å²) in [6.45, 7) is 0.441. The summed E-state index contributed by atoms with van der Waals surface area (Å²) >= 11 is 0. The Morgan fingerprint density at radius 2 is 2.17 bits per heavy atom. The van der Waals surface area contributed by atoms with E-state index in [-0.39, 0.29) is 30.3 Å². The topological polar surface area (TPSA) is 97.7 Å². The predicted molar refractivity (Wildman–Crippen MR) is 85.1 cm³/mol.